The van der Waals surface area contributed by atoms with Crippen LogP contribution in [0.5, 0.6) is 0 Å². The standard InChI is InChI=1S/C30H29F3N4O3S/c1-22-19-25(23(2)37(22)28-16-10-9-15-27(28)30(31,32)33)20-34-35-29(38)21-36(18-17-24-11-5-3-6-12-24)41(39,40)26-13-7-4-8-14-26/h3-16,19-20H,17-18,21H2,1-2H3,(H,35,38)/b34-20+. The average Bonchev–Trinajstić information content (AvgIpc) is 3.23. The van der Waals surface area contributed by atoms with Gasteiger partial charge < -0.3 is 4.57 Å². The number of hydrogen-bond acceptors (Lipinski definition) is 4. The van der Waals surface area contributed by atoms with E-state index in [1.807, 2.05) is 30.3 Å². The molecule has 1 amide bonds. The summed E-state index contributed by atoms with van der Waals surface area (Å²) in [6.45, 7) is 2.92. The van der Waals surface area contributed by atoms with Gasteiger partial charge in [-0.2, -0.15) is 22.6 Å². The van der Waals surface area contributed by atoms with Gasteiger partial charge >= 0.3 is 6.18 Å². The van der Waals surface area contributed by atoms with Gasteiger partial charge in [-0.05, 0) is 56.2 Å². The molecule has 4 rings (SSSR count). The number of nitrogens with one attached hydrogen (secondary N) is 1. The molecule has 0 aliphatic carbocycles. The Bertz CT molecular complexity index is 1630. The second kappa shape index (κ2) is 12.5. The normalized spacial score (nSPS) is 12.2. The molecule has 0 aliphatic rings. The van der Waals surface area contributed by atoms with Crippen molar-refractivity contribution in [3.8, 4) is 5.69 Å². The third-order valence-electron chi connectivity index (χ3n) is 6.51. The minimum atomic E-state index is -4.53. The Balaban J connectivity index is 1.51. The molecule has 7 nitrogen and oxygen atoms in total. The first-order valence-electron chi connectivity index (χ1n) is 12.7. The Kier molecular flexibility index (Phi) is 9.09. The van der Waals surface area contributed by atoms with Crippen LogP contribution in [0.1, 0.15) is 28.1 Å². The molecule has 0 bridgehead atoms. The van der Waals surface area contributed by atoms with Gasteiger partial charge in [0.2, 0.25) is 10.0 Å². The average molecular weight is 583 g/mol. The van der Waals surface area contributed by atoms with Crippen molar-refractivity contribution in [3.05, 3.63) is 119 Å². The second-order valence-corrected chi connectivity index (χ2v) is 11.3. The van der Waals surface area contributed by atoms with E-state index in [0.717, 1.165) is 15.9 Å². The lowest BCUT2D eigenvalue weighted by Crippen LogP contribution is -2.40. The van der Waals surface area contributed by atoms with Crippen LogP contribution in [0.4, 0.5) is 13.2 Å². The predicted octanol–water partition coefficient (Wildman–Crippen LogP) is 5.50. The number of carbonyl (C=O) groups excluding carboxylic acids is 1. The summed E-state index contributed by atoms with van der Waals surface area (Å²) in [5.74, 6) is -0.662. The third-order valence-corrected chi connectivity index (χ3v) is 8.37. The van der Waals surface area contributed by atoms with Crippen molar-refractivity contribution in [2.75, 3.05) is 13.1 Å². The number of aromatic nitrogens is 1. The van der Waals surface area contributed by atoms with Crippen molar-refractivity contribution in [1.29, 1.82) is 0 Å². The van der Waals surface area contributed by atoms with Crippen molar-refractivity contribution < 1.29 is 26.4 Å². The summed E-state index contributed by atoms with van der Waals surface area (Å²) < 4.78 is 70.1. The lowest BCUT2D eigenvalue weighted by Gasteiger charge is -2.21. The van der Waals surface area contributed by atoms with Gasteiger partial charge in [-0.25, -0.2) is 13.8 Å². The first-order valence-corrected chi connectivity index (χ1v) is 14.2. The van der Waals surface area contributed by atoms with Crippen molar-refractivity contribution in [1.82, 2.24) is 14.3 Å². The Morgan fingerprint density at radius 3 is 2.22 bits per heavy atom. The van der Waals surface area contributed by atoms with Gasteiger partial charge in [0.1, 0.15) is 0 Å². The molecule has 11 heteroatoms. The van der Waals surface area contributed by atoms with Crippen molar-refractivity contribution in [2.24, 2.45) is 5.10 Å². The molecule has 3 aromatic carbocycles. The lowest BCUT2D eigenvalue weighted by molar-refractivity contribution is -0.137. The maximum atomic E-state index is 13.6. The van der Waals surface area contributed by atoms with Crippen LogP contribution in [0.25, 0.3) is 5.69 Å². The summed E-state index contributed by atoms with van der Waals surface area (Å²) in [7, 11) is -3.97. The summed E-state index contributed by atoms with van der Waals surface area (Å²) in [6.07, 6.45) is -2.81. The number of carbonyl (C=O) groups is 1. The second-order valence-electron chi connectivity index (χ2n) is 9.36. The van der Waals surface area contributed by atoms with Crippen LogP contribution in [0, 0.1) is 13.8 Å². The topological polar surface area (TPSA) is 83.8 Å². The number of rotatable bonds is 10. The van der Waals surface area contributed by atoms with Crippen LogP contribution >= 0.6 is 0 Å². The van der Waals surface area contributed by atoms with Gasteiger partial charge in [0.25, 0.3) is 5.91 Å². The molecule has 0 fully saturated rings. The number of hydrogen-bond donors (Lipinski definition) is 1. The highest BCUT2D eigenvalue weighted by molar-refractivity contribution is 7.89. The minimum absolute atomic E-state index is 0.0149. The van der Waals surface area contributed by atoms with Crippen molar-refractivity contribution >= 4 is 22.1 Å². The van der Waals surface area contributed by atoms with Crippen LogP contribution in [0.3, 0.4) is 0 Å². The van der Waals surface area contributed by atoms with E-state index < -0.39 is 34.2 Å². The molecule has 0 spiro atoms. The zero-order valence-electron chi connectivity index (χ0n) is 22.5. The quantitative estimate of drug-likeness (QED) is 0.198. The number of hydrazone groups is 1. The fourth-order valence-electron chi connectivity index (χ4n) is 4.49. The molecular formula is C30H29F3N4O3S. The molecular weight excluding hydrogens is 553 g/mol. The largest absolute Gasteiger partial charge is 0.418 e. The molecule has 4 aromatic rings. The molecule has 0 radical (unpaired) electrons. The summed E-state index contributed by atoms with van der Waals surface area (Å²) in [6, 6.07) is 24.1. The van der Waals surface area contributed by atoms with E-state index in [2.05, 4.69) is 10.5 Å². The first-order chi connectivity index (χ1) is 19.5. The van der Waals surface area contributed by atoms with Crippen LogP contribution < -0.4 is 5.43 Å². The van der Waals surface area contributed by atoms with Crippen LogP contribution in [0.2, 0.25) is 0 Å². The van der Waals surface area contributed by atoms with E-state index in [4.69, 9.17) is 0 Å². The number of para-hydroxylation sites is 1. The minimum Gasteiger partial charge on any atom is -0.317 e. The van der Waals surface area contributed by atoms with Crippen LogP contribution in [-0.2, 0) is 27.4 Å². The number of amides is 1. The molecule has 0 atom stereocenters. The molecule has 1 heterocycles. The Hall–Kier alpha value is -4.22. The molecule has 1 aromatic heterocycles. The maximum absolute atomic E-state index is 13.6. The lowest BCUT2D eigenvalue weighted by atomic mass is 10.1. The molecule has 0 saturated carbocycles. The smallest absolute Gasteiger partial charge is 0.317 e. The number of halogens is 3. The SMILES string of the molecule is Cc1cc(/C=N/NC(=O)CN(CCc2ccccc2)S(=O)(=O)c2ccccc2)c(C)n1-c1ccccc1C(F)(F)F. The third kappa shape index (κ3) is 7.11. The van der Waals surface area contributed by atoms with Gasteiger partial charge in [0.15, 0.2) is 0 Å². The molecule has 0 unspecified atom stereocenters. The highest BCUT2D eigenvalue weighted by Crippen LogP contribution is 2.35. The number of sulfonamides is 1. The number of alkyl halides is 3. The van der Waals surface area contributed by atoms with Crippen molar-refractivity contribution in [3.63, 3.8) is 0 Å². The number of nitrogens with zero attached hydrogens (tertiary/aromatic N) is 3. The Morgan fingerprint density at radius 1 is 0.951 bits per heavy atom. The zero-order valence-corrected chi connectivity index (χ0v) is 23.3. The van der Waals surface area contributed by atoms with Gasteiger partial charge in [0, 0.05) is 23.5 Å². The monoisotopic (exact) mass is 582 g/mol. The fourth-order valence-corrected chi connectivity index (χ4v) is 5.91. The van der Waals surface area contributed by atoms with E-state index in [9.17, 15) is 26.4 Å². The molecule has 0 saturated heterocycles. The summed E-state index contributed by atoms with van der Waals surface area (Å²) in [4.78, 5) is 12.9. The maximum Gasteiger partial charge on any atom is 0.418 e. The van der Waals surface area contributed by atoms with Gasteiger partial charge in [-0.3, -0.25) is 4.79 Å². The van der Waals surface area contributed by atoms with E-state index in [0.29, 0.717) is 23.4 Å². The van der Waals surface area contributed by atoms with E-state index in [1.54, 1.807) is 38.1 Å². The highest BCUT2D eigenvalue weighted by atomic mass is 32.2. The van der Waals surface area contributed by atoms with Crippen LogP contribution in [0.15, 0.2) is 101 Å². The van der Waals surface area contributed by atoms with Gasteiger partial charge in [-0.15, -0.1) is 0 Å². The molecule has 1 N–H and O–H groups in total. The number of benzene rings is 3. The van der Waals surface area contributed by atoms with Crippen molar-refractivity contribution in [2.45, 2.75) is 31.3 Å². The first kappa shape index (κ1) is 29.8. The highest BCUT2D eigenvalue weighted by Gasteiger charge is 2.34. The summed E-state index contributed by atoms with van der Waals surface area (Å²) in [5.41, 5.74) is 4.02. The molecule has 41 heavy (non-hydrogen) atoms. The Labute approximate surface area is 237 Å². The van der Waals surface area contributed by atoms with Gasteiger partial charge in [0.05, 0.1) is 28.9 Å². The molecule has 214 valence electrons. The fraction of sp³-hybridized carbons (Fsp3) is 0.200. The van der Waals surface area contributed by atoms with E-state index in [-0.39, 0.29) is 17.1 Å². The Morgan fingerprint density at radius 2 is 1.56 bits per heavy atom. The predicted molar refractivity (Wildman–Crippen MR) is 151 cm³/mol. The van der Waals surface area contributed by atoms with E-state index >= 15 is 0 Å². The van der Waals surface area contributed by atoms with E-state index in [1.165, 1.54) is 41.1 Å². The zero-order chi connectivity index (χ0) is 29.6. The summed E-state index contributed by atoms with van der Waals surface area (Å²) in [5, 5.41) is 3.97. The van der Waals surface area contributed by atoms with Crippen LogP contribution in [-0.4, -0.2) is 42.5 Å². The number of aryl methyl sites for hydroxylation is 1. The summed E-state index contributed by atoms with van der Waals surface area (Å²) >= 11 is 0. The van der Waals surface area contributed by atoms with Gasteiger partial charge in [-0.1, -0.05) is 60.7 Å². The molecule has 0 aliphatic heterocycles.